The van der Waals surface area contributed by atoms with E-state index in [2.05, 4.69) is 17.2 Å². The average Bonchev–Trinajstić information content (AvgIpc) is 2.45. The van der Waals surface area contributed by atoms with E-state index in [1.807, 2.05) is 55.5 Å². The van der Waals surface area contributed by atoms with E-state index in [0.717, 1.165) is 24.1 Å². The van der Waals surface area contributed by atoms with Crippen LogP contribution in [0.25, 0.3) is 0 Å². The summed E-state index contributed by atoms with van der Waals surface area (Å²) in [6.45, 7) is 4.00. The minimum atomic E-state index is -0.122. The van der Waals surface area contributed by atoms with Crippen LogP contribution < -0.4 is 5.32 Å². The molecule has 1 N–H and O–H groups in total. The maximum Gasteiger partial charge on any atom is 0.233 e. The first kappa shape index (κ1) is 14.3. The molecule has 0 aliphatic rings. The van der Waals surface area contributed by atoms with Gasteiger partial charge in [0, 0.05) is 5.69 Å². The highest BCUT2D eigenvalue weighted by molar-refractivity contribution is 5.95. The number of amides is 1. The molecule has 20 heavy (non-hydrogen) atoms. The first-order valence-corrected chi connectivity index (χ1v) is 7.00. The van der Waals surface area contributed by atoms with Gasteiger partial charge in [-0.3, -0.25) is 4.79 Å². The predicted molar refractivity (Wildman–Crippen MR) is 81.7 cm³/mol. The van der Waals surface area contributed by atoms with Gasteiger partial charge in [-0.05, 0) is 31.0 Å². The lowest BCUT2D eigenvalue weighted by Gasteiger charge is -2.16. The second kappa shape index (κ2) is 6.85. The van der Waals surface area contributed by atoms with Crippen molar-refractivity contribution in [2.75, 3.05) is 5.32 Å². The van der Waals surface area contributed by atoms with Gasteiger partial charge in [-0.25, -0.2) is 4.98 Å². The van der Waals surface area contributed by atoms with Gasteiger partial charge in [-0.2, -0.15) is 0 Å². The number of nitrogens with one attached hydrogen (secondary N) is 1. The Morgan fingerprint density at radius 3 is 2.55 bits per heavy atom. The summed E-state index contributed by atoms with van der Waals surface area (Å²) in [6.07, 6.45) is 1.80. The molecule has 104 valence electrons. The summed E-state index contributed by atoms with van der Waals surface area (Å²) in [5, 5.41) is 2.92. The van der Waals surface area contributed by atoms with Crippen LogP contribution in [0.5, 0.6) is 0 Å². The van der Waals surface area contributed by atoms with Crippen LogP contribution in [-0.2, 0) is 4.79 Å². The number of hydrogen-bond donors (Lipinski definition) is 1. The number of hydrogen-bond acceptors (Lipinski definition) is 2. The number of anilines is 1. The van der Waals surface area contributed by atoms with Gasteiger partial charge in [0.25, 0.3) is 0 Å². The van der Waals surface area contributed by atoms with Crippen molar-refractivity contribution >= 4 is 11.7 Å². The van der Waals surface area contributed by atoms with Gasteiger partial charge in [-0.1, -0.05) is 49.7 Å². The molecule has 3 heteroatoms. The van der Waals surface area contributed by atoms with Crippen LogP contribution in [0, 0.1) is 6.92 Å². The summed E-state index contributed by atoms with van der Waals surface area (Å²) in [5.41, 5.74) is 1.95. The highest BCUT2D eigenvalue weighted by Crippen LogP contribution is 2.22. The largest absolute Gasteiger partial charge is 0.310 e. The van der Waals surface area contributed by atoms with Crippen molar-refractivity contribution in [3.05, 3.63) is 59.8 Å². The number of pyridine rings is 1. The molecule has 2 aromatic rings. The van der Waals surface area contributed by atoms with Crippen molar-refractivity contribution in [3.8, 4) is 0 Å². The lowest BCUT2D eigenvalue weighted by atomic mass is 9.93. The molecule has 0 fully saturated rings. The fraction of sp³-hybridized carbons (Fsp3) is 0.294. The number of aryl methyl sites for hydroxylation is 1. The van der Waals surface area contributed by atoms with Crippen LogP contribution in [0.3, 0.4) is 0 Å². The van der Waals surface area contributed by atoms with Crippen molar-refractivity contribution in [3.63, 3.8) is 0 Å². The molecule has 1 atom stereocenters. The highest BCUT2D eigenvalue weighted by Gasteiger charge is 2.19. The standard InChI is InChI=1S/C17H20N2O/c1-3-8-15(14-10-5-4-6-11-14)17(20)19-16-12-7-9-13(2)18-16/h4-7,9-12,15H,3,8H2,1-2H3,(H,18,19,20)/t15-/m1/s1. The summed E-state index contributed by atoms with van der Waals surface area (Å²) < 4.78 is 0. The molecule has 0 spiro atoms. The van der Waals surface area contributed by atoms with E-state index < -0.39 is 0 Å². The van der Waals surface area contributed by atoms with Gasteiger partial charge in [0.2, 0.25) is 5.91 Å². The average molecular weight is 268 g/mol. The van der Waals surface area contributed by atoms with Crippen LogP contribution in [0.15, 0.2) is 48.5 Å². The topological polar surface area (TPSA) is 42.0 Å². The molecular weight excluding hydrogens is 248 g/mol. The lowest BCUT2D eigenvalue weighted by Crippen LogP contribution is -2.21. The summed E-state index contributed by atoms with van der Waals surface area (Å²) >= 11 is 0. The van der Waals surface area contributed by atoms with Gasteiger partial charge in [0.1, 0.15) is 5.82 Å². The normalized spacial score (nSPS) is 11.9. The number of nitrogens with zero attached hydrogens (tertiary/aromatic N) is 1. The number of carbonyl (C=O) groups is 1. The van der Waals surface area contributed by atoms with Crippen LogP contribution in [0.1, 0.15) is 36.9 Å². The third-order valence-electron chi connectivity index (χ3n) is 3.24. The van der Waals surface area contributed by atoms with E-state index >= 15 is 0 Å². The Balaban J connectivity index is 2.15. The van der Waals surface area contributed by atoms with Crippen LogP contribution in [-0.4, -0.2) is 10.9 Å². The van der Waals surface area contributed by atoms with Gasteiger partial charge in [0.05, 0.1) is 5.92 Å². The second-order valence-electron chi connectivity index (χ2n) is 4.91. The third-order valence-corrected chi connectivity index (χ3v) is 3.24. The molecule has 1 aromatic heterocycles. The molecular formula is C17H20N2O. The van der Waals surface area contributed by atoms with Crippen molar-refractivity contribution in [2.45, 2.75) is 32.6 Å². The van der Waals surface area contributed by atoms with Crippen molar-refractivity contribution in [1.82, 2.24) is 4.98 Å². The maximum atomic E-state index is 12.5. The maximum absolute atomic E-state index is 12.5. The molecule has 2 rings (SSSR count). The first-order chi connectivity index (χ1) is 9.70. The molecule has 0 bridgehead atoms. The Morgan fingerprint density at radius 2 is 1.90 bits per heavy atom. The Labute approximate surface area is 120 Å². The van der Waals surface area contributed by atoms with Crippen LogP contribution in [0.2, 0.25) is 0 Å². The smallest absolute Gasteiger partial charge is 0.233 e. The van der Waals surface area contributed by atoms with E-state index in [1.54, 1.807) is 0 Å². The molecule has 0 radical (unpaired) electrons. The van der Waals surface area contributed by atoms with Crippen molar-refractivity contribution < 1.29 is 4.79 Å². The predicted octanol–water partition coefficient (Wildman–Crippen LogP) is 3.91. The van der Waals surface area contributed by atoms with Crippen molar-refractivity contribution in [1.29, 1.82) is 0 Å². The Kier molecular flexibility index (Phi) is 4.88. The molecule has 1 heterocycles. The molecule has 0 aliphatic heterocycles. The molecule has 0 saturated heterocycles. The first-order valence-electron chi connectivity index (χ1n) is 7.00. The minimum absolute atomic E-state index is 0.0103. The van der Waals surface area contributed by atoms with Gasteiger partial charge < -0.3 is 5.32 Å². The number of aromatic nitrogens is 1. The molecule has 0 saturated carbocycles. The fourth-order valence-electron chi connectivity index (χ4n) is 2.25. The Morgan fingerprint density at radius 1 is 1.15 bits per heavy atom. The zero-order chi connectivity index (χ0) is 14.4. The molecule has 1 aromatic carbocycles. The van der Waals surface area contributed by atoms with Crippen molar-refractivity contribution in [2.24, 2.45) is 0 Å². The van der Waals surface area contributed by atoms with E-state index in [0.29, 0.717) is 5.82 Å². The third kappa shape index (κ3) is 3.67. The number of benzene rings is 1. The summed E-state index contributed by atoms with van der Waals surface area (Å²) in [7, 11) is 0. The Bertz CT molecular complexity index is 566. The van der Waals surface area contributed by atoms with E-state index in [-0.39, 0.29) is 11.8 Å². The summed E-state index contributed by atoms with van der Waals surface area (Å²) in [4.78, 5) is 16.8. The molecule has 3 nitrogen and oxygen atoms in total. The van der Waals surface area contributed by atoms with Crippen LogP contribution in [0.4, 0.5) is 5.82 Å². The summed E-state index contributed by atoms with van der Waals surface area (Å²) in [5.74, 6) is 0.506. The molecule has 0 unspecified atom stereocenters. The molecule has 1 amide bonds. The summed E-state index contributed by atoms with van der Waals surface area (Å²) in [6, 6.07) is 15.5. The zero-order valence-electron chi connectivity index (χ0n) is 12.0. The quantitative estimate of drug-likeness (QED) is 0.893. The van der Waals surface area contributed by atoms with Gasteiger partial charge >= 0.3 is 0 Å². The van der Waals surface area contributed by atoms with Crippen LogP contribution >= 0.6 is 0 Å². The minimum Gasteiger partial charge on any atom is -0.310 e. The number of rotatable bonds is 5. The van der Waals surface area contributed by atoms with Gasteiger partial charge in [0.15, 0.2) is 0 Å². The van der Waals surface area contributed by atoms with E-state index in [1.165, 1.54) is 0 Å². The zero-order valence-corrected chi connectivity index (χ0v) is 12.0. The monoisotopic (exact) mass is 268 g/mol. The van der Waals surface area contributed by atoms with Gasteiger partial charge in [-0.15, -0.1) is 0 Å². The number of carbonyl (C=O) groups excluding carboxylic acids is 1. The lowest BCUT2D eigenvalue weighted by molar-refractivity contribution is -0.117. The second-order valence-corrected chi connectivity index (χ2v) is 4.91. The fourth-order valence-corrected chi connectivity index (χ4v) is 2.25. The Hall–Kier alpha value is -2.16. The highest BCUT2D eigenvalue weighted by atomic mass is 16.1. The van der Waals surface area contributed by atoms with E-state index in [4.69, 9.17) is 0 Å². The SMILES string of the molecule is CCC[C@@H](C(=O)Nc1cccc(C)n1)c1ccccc1. The van der Waals surface area contributed by atoms with E-state index in [9.17, 15) is 4.79 Å². The molecule has 0 aliphatic carbocycles.